The summed E-state index contributed by atoms with van der Waals surface area (Å²) in [5, 5.41) is 0. The number of amides is 1. The first-order valence-electron chi connectivity index (χ1n) is 6.35. The quantitative estimate of drug-likeness (QED) is 0.728. The Hall–Kier alpha value is -1.30. The molecule has 0 spiro atoms. The van der Waals surface area contributed by atoms with Crippen molar-refractivity contribution in [2.24, 2.45) is 5.92 Å². The Morgan fingerprint density at radius 1 is 1.26 bits per heavy atom. The van der Waals surface area contributed by atoms with E-state index in [9.17, 15) is 9.59 Å². The maximum absolute atomic E-state index is 12.1. The predicted molar refractivity (Wildman–Crippen MR) is 68.7 cm³/mol. The number of methoxy groups -OCH3 is 2. The van der Waals surface area contributed by atoms with Crippen LogP contribution in [0.2, 0.25) is 0 Å². The van der Waals surface area contributed by atoms with E-state index < -0.39 is 23.7 Å². The molecule has 6 nitrogen and oxygen atoms in total. The number of esters is 1. The number of ether oxygens (including phenoxy) is 3. The molecule has 0 aliphatic carbocycles. The molecular formula is C13H23NO5. The van der Waals surface area contributed by atoms with E-state index in [4.69, 9.17) is 14.2 Å². The summed E-state index contributed by atoms with van der Waals surface area (Å²) in [6.45, 7) is 6.33. The van der Waals surface area contributed by atoms with Gasteiger partial charge in [-0.15, -0.1) is 0 Å². The fourth-order valence-corrected chi connectivity index (χ4v) is 2.16. The molecule has 1 rings (SSSR count). The van der Waals surface area contributed by atoms with Gasteiger partial charge in [-0.25, -0.2) is 9.59 Å². The fourth-order valence-electron chi connectivity index (χ4n) is 2.16. The second kappa shape index (κ2) is 6.23. The molecule has 1 heterocycles. The van der Waals surface area contributed by atoms with Crippen LogP contribution >= 0.6 is 0 Å². The molecular weight excluding hydrogens is 250 g/mol. The third-order valence-electron chi connectivity index (χ3n) is 2.89. The van der Waals surface area contributed by atoms with Gasteiger partial charge < -0.3 is 14.2 Å². The van der Waals surface area contributed by atoms with E-state index in [0.717, 1.165) is 0 Å². The van der Waals surface area contributed by atoms with Crippen molar-refractivity contribution in [1.29, 1.82) is 0 Å². The Morgan fingerprint density at radius 3 is 2.37 bits per heavy atom. The second-order valence-electron chi connectivity index (χ2n) is 5.73. The smallest absolute Gasteiger partial charge is 0.411 e. The van der Waals surface area contributed by atoms with Crippen molar-refractivity contribution < 1.29 is 23.8 Å². The number of carbonyl (C=O) groups excluding carboxylic acids is 2. The van der Waals surface area contributed by atoms with E-state index in [1.54, 1.807) is 27.9 Å². The zero-order chi connectivity index (χ0) is 14.6. The maximum Gasteiger partial charge on any atom is 0.411 e. The Morgan fingerprint density at radius 2 is 1.89 bits per heavy atom. The van der Waals surface area contributed by atoms with Crippen molar-refractivity contribution in [3.05, 3.63) is 0 Å². The minimum absolute atomic E-state index is 0.126. The standard InChI is InChI=1S/C13H23NO5/c1-13(2,3)19-12(16)14-7-9(8-17-4)6-10(14)11(15)18-5/h9-10H,6-8H2,1-5H3/t9-,10+/m0/s1. The summed E-state index contributed by atoms with van der Waals surface area (Å²) in [5.41, 5.74) is -0.586. The zero-order valence-electron chi connectivity index (χ0n) is 12.3. The zero-order valence-corrected chi connectivity index (χ0v) is 12.3. The van der Waals surface area contributed by atoms with Gasteiger partial charge in [-0.1, -0.05) is 0 Å². The van der Waals surface area contributed by atoms with Crippen LogP contribution in [-0.4, -0.2) is 56.0 Å². The van der Waals surface area contributed by atoms with E-state index >= 15 is 0 Å². The van der Waals surface area contributed by atoms with Crippen molar-refractivity contribution in [2.45, 2.75) is 38.8 Å². The van der Waals surface area contributed by atoms with Crippen molar-refractivity contribution >= 4 is 12.1 Å². The van der Waals surface area contributed by atoms with Gasteiger partial charge in [0.25, 0.3) is 0 Å². The van der Waals surface area contributed by atoms with Crippen LogP contribution in [0.5, 0.6) is 0 Å². The molecule has 0 unspecified atom stereocenters. The molecule has 0 aromatic carbocycles. The summed E-state index contributed by atoms with van der Waals surface area (Å²) in [4.78, 5) is 25.3. The molecule has 0 bridgehead atoms. The van der Waals surface area contributed by atoms with Crippen LogP contribution in [0.3, 0.4) is 0 Å². The summed E-state index contributed by atoms with van der Waals surface area (Å²) >= 11 is 0. The molecule has 1 saturated heterocycles. The minimum atomic E-state index is -0.586. The van der Waals surface area contributed by atoms with Crippen LogP contribution in [0.15, 0.2) is 0 Å². The normalized spacial score (nSPS) is 23.3. The SMILES string of the molecule is COC[C@H]1C[C@H](C(=O)OC)N(C(=O)OC(C)(C)C)C1. The monoisotopic (exact) mass is 273 g/mol. The molecule has 1 amide bonds. The number of carbonyl (C=O) groups is 2. The van der Waals surface area contributed by atoms with Gasteiger partial charge >= 0.3 is 12.1 Å². The number of hydrogen-bond acceptors (Lipinski definition) is 5. The Balaban J connectivity index is 2.76. The minimum Gasteiger partial charge on any atom is -0.467 e. The average Bonchev–Trinajstić information content (AvgIpc) is 2.70. The first kappa shape index (κ1) is 15.8. The van der Waals surface area contributed by atoms with E-state index in [-0.39, 0.29) is 5.92 Å². The summed E-state index contributed by atoms with van der Waals surface area (Å²) in [7, 11) is 2.92. The Labute approximate surface area is 114 Å². The Kier molecular flexibility index (Phi) is 5.17. The van der Waals surface area contributed by atoms with Crippen molar-refractivity contribution in [1.82, 2.24) is 4.90 Å². The average molecular weight is 273 g/mol. The van der Waals surface area contributed by atoms with E-state index in [1.165, 1.54) is 12.0 Å². The topological polar surface area (TPSA) is 65.1 Å². The molecule has 19 heavy (non-hydrogen) atoms. The highest BCUT2D eigenvalue weighted by Gasteiger charge is 2.42. The lowest BCUT2D eigenvalue weighted by Gasteiger charge is -2.27. The highest BCUT2D eigenvalue weighted by atomic mass is 16.6. The highest BCUT2D eigenvalue weighted by Crippen LogP contribution is 2.26. The van der Waals surface area contributed by atoms with Crippen LogP contribution in [0, 0.1) is 5.92 Å². The Bertz CT molecular complexity index is 336. The summed E-state index contributed by atoms with van der Waals surface area (Å²) < 4.78 is 15.1. The van der Waals surface area contributed by atoms with Crippen molar-refractivity contribution in [3.8, 4) is 0 Å². The van der Waals surface area contributed by atoms with E-state index in [2.05, 4.69) is 0 Å². The van der Waals surface area contributed by atoms with Crippen LogP contribution < -0.4 is 0 Å². The molecule has 110 valence electrons. The van der Waals surface area contributed by atoms with Gasteiger partial charge in [-0.2, -0.15) is 0 Å². The van der Waals surface area contributed by atoms with Crippen molar-refractivity contribution in [3.63, 3.8) is 0 Å². The van der Waals surface area contributed by atoms with E-state index in [0.29, 0.717) is 19.6 Å². The van der Waals surface area contributed by atoms with Gasteiger partial charge in [0, 0.05) is 19.6 Å². The van der Waals surface area contributed by atoms with Crippen LogP contribution in [0.1, 0.15) is 27.2 Å². The predicted octanol–water partition coefficient (Wildman–Crippen LogP) is 1.43. The first-order chi connectivity index (χ1) is 8.78. The molecule has 1 aliphatic rings. The van der Waals surface area contributed by atoms with Gasteiger partial charge in [-0.05, 0) is 27.2 Å². The molecule has 0 N–H and O–H groups in total. The number of hydrogen-bond donors (Lipinski definition) is 0. The van der Waals surface area contributed by atoms with Gasteiger partial charge in [-0.3, -0.25) is 4.90 Å². The largest absolute Gasteiger partial charge is 0.467 e. The van der Waals surface area contributed by atoms with Crippen molar-refractivity contribution in [2.75, 3.05) is 27.4 Å². The summed E-state index contributed by atoms with van der Waals surface area (Å²) in [6, 6.07) is -0.583. The third kappa shape index (κ3) is 4.38. The number of nitrogens with zero attached hydrogens (tertiary/aromatic N) is 1. The highest BCUT2D eigenvalue weighted by molar-refractivity contribution is 5.82. The van der Waals surface area contributed by atoms with Crippen LogP contribution in [-0.2, 0) is 19.0 Å². The maximum atomic E-state index is 12.1. The molecule has 0 aromatic rings. The summed E-state index contributed by atoms with van der Waals surface area (Å²) in [6.07, 6.45) is 0.0567. The second-order valence-corrected chi connectivity index (χ2v) is 5.73. The lowest BCUT2D eigenvalue weighted by Crippen LogP contribution is -2.43. The van der Waals surface area contributed by atoms with Crippen LogP contribution in [0.4, 0.5) is 4.79 Å². The van der Waals surface area contributed by atoms with E-state index in [1.807, 2.05) is 0 Å². The fraction of sp³-hybridized carbons (Fsp3) is 0.846. The third-order valence-corrected chi connectivity index (χ3v) is 2.89. The summed E-state index contributed by atoms with van der Waals surface area (Å²) in [5.74, 6) is -0.286. The molecule has 0 aromatic heterocycles. The molecule has 6 heteroatoms. The number of likely N-dealkylation sites (tertiary alicyclic amines) is 1. The van der Waals surface area contributed by atoms with Gasteiger partial charge in [0.2, 0.25) is 0 Å². The lowest BCUT2D eigenvalue weighted by molar-refractivity contribution is -0.145. The lowest BCUT2D eigenvalue weighted by atomic mass is 10.1. The molecule has 1 fully saturated rings. The van der Waals surface area contributed by atoms with Gasteiger partial charge in [0.15, 0.2) is 0 Å². The van der Waals surface area contributed by atoms with Gasteiger partial charge in [0.1, 0.15) is 11.6 Å². The molecule has 0 saturated carbocycles. The molecule has 2 atom stereocenters. The number of rotatable bonds is 3. The molecule has 0 radical (unpaired) electrons. The van der Waals surface area contributed by atoms with Crippen LogP contribution in [0.25, 0.3) is 0 Å². The first-order valence-corrected chi connectivity index (χ1v) is 6.35. The van der Waals surface area contributed by atoms with Gasteiger partial charge in [0.05, 0.1) is 13.7 Å². The molecule has 1 aliphatic heterocycles.